The Morgan fingerprint density at radius 1 is 1.06 bits per heavy atom. The first-order valence-corrected chi connectivity index (χ1v) is 12.8. The van der Waals surface area contributed by atoms with Crippen molar-refractivity contribution in [2.75, 3.05) is 27.9 Å². The Kier molecular flexibility index (Phi) is 9.83. The third-order valence-electron chi connectivity index (χ3n) is 6.23. The van der Waals surface area contributed by atoms with Crippen molar-refractivity contribution < 1.29 is 23.8 Å². The highest BCUT2D eigenvalue weighted by Crippen LogP contribution is 2.37. The van der Waals surface area contributed by atoms with Gasteiger partial charge < -0.3 is 24.4 Å². The zero-order valence-electron chi connectivity index (χ0n) is 20.5. The maximum absolute atomic E-state index is 13.8. The molecule has 0 radical (unpaired) electrons. The highest BCUT2D eigenvalue weighted by molar-refractivity contribution is 14.1. The minimum absolute atomic E-state index is 0.0956. The van der Waals surface area contributed by atoms with E-state index in [-0.39, 0.29) is 24.4 Å². The average molecular weight is 592 g/mol. The molecule has 2 amide bonds. The summed E-state index contributed by atoms with van der Waals surface area (Å²) in [7, 11) is 4.69. The molecule has 1 aliphatic carbocycles. The first kappa shape index (κ1) is 26.8. The summed E-state index contributed by atoms with van der Waals surface area (Å²) in [5.74, 6) is 1.21. The van der Waals surface area contributed by atoms with E-state index in [1.165, 1.54) is 6.42 Å². The van der Waals surface area contributed by atoms with Crippen molar-refractivity contribution in [1.29, 1.82) is 0 Å². The molecule has 1 saturated carbocycles. The molecule has 0 spiro atoms. The Morgan fingerprint density at radius 2 is 1.69 bits per heavy atom. The average Bonchev–Trinajstić information content (AvgIpc) is 2.89. The van der Waals surface area contributed by atoms with Gasteiger partial charge in [0.15, 0.2) is 11.5 Å². The Balaban J connectivity index is 2.07. The summed E-state index contributed by atoms with van der Waals surface area (Å²) in [6.07, 6.45) is 6.87. The minimum atomic E-state index is -0.878. The minimum Gasteiger partial charge on any atom is -0.497 e. The fourth-order valence-corrected chi connectivity index (χ4v) is 5.13. The highest BCUT2D eigenvalue weighted by atomic mass is 127. The number of nitrogens with zero attached hydrogens (tertiary/aromatic N) is 1. The lowest BCUT2D eigenvalue weighted by Gasteiger charge is -2.33. The summed E-state index contributed by atoms with van der Waals surface area (Å²) in [4.78, 5) is 29.1. The number of halogens is 1. The summed E-state index contributed by atoms with van der Waals surface area (Å²) >= 11 is 2.18. The first-order valence-electron chi connectivity index (χ1n) is 11.7. The molecule has 35 heavy (non-hydrogen) atoms. The lowest BCUT2D eigenvalue weighted by Crippen LogP contribution is -2.47. The van der Waals surface area contributed by atoms with Gasteiger partial charge in [-0.1, -0.05) is 25.3 Å². The molecule has 2 aromatic rings. The van der Waals surface area contributed by atoms with Gasteiger partial charge in [-0.15, -0.1) is 6.58 Å². The molecule has 1 unspecified atom stereocenters. The Labute approximate surface area is 221 Å². The summed E-state index contributed by atoms with van der Waals surface area (Å²) < 4.78 is 17.0. The molecule has 1 aliphatic rings. The van der Waals surface area contributed by atoms with Crippen LogP contribution in [-0.2, 0) is 4.79 Å². The zero-order chi connectivity index (χ0) is 25.4. The third-order valence-corrected chi connectivity index (χ3v) is 7.17. The number of rotatable bonds is 10. The lowest BCUT2D eigenvalue weighted by atomic mass is 9.94. The maximum atomic E-state index is 13.8. The predicted molar refractivity (Wildman–Crippen MR) is 144 cm³/mol. The van der Waals surface area contributed by atoms with E-state index in [2.05, 4.69) is 34.5 Å². The second-order valence-corrected chi connectivity index (χ2v) is 9.61. The molecule has 8 heteroatoms. The first-order chi connectivity index (χ1) is 16.9. The quantitative estimate of drug-likeness (QED) is 0.306. The highest BCUT2D eigenvalue weighted by Gasteiger charge is 2.35. The second-order valence-electron chi connectivity index (χ2n) is 8.45. The number of carbonyl (C=O) groups is 2. The number of methoxy groups -OCH3 is 3. The molecule has 0 bridgehead atoms. The molecular formula is C27H33IN2O5. The van der Waals surface area contributed by atoms with E-state index in [1.54, 1.807) is 62.6 Å². The van der Waals surface area contributed by atoms with Crippen LogP contribution in [0.2, 0.25) is 0 Å². The molecule has 0 saturated heterocycles. The molecule has 1 N–H and O–H groups in total. The molecular weight excluding hydrogens is 559 g/mol. The van der Waals surface area contributed by atoms with Crippen LogP contribution in [0.4, 0.5) is 0 Å². The van der Waals surface area contributed by atoms with Crippen LogP contribution in [0.1, 0.15) is 54.1 Å². The van der Waals surface area contributed by atoms with Gasteiger partial charge in [-0.05, 0) is 71.8 Å². The van der Waals surface area contributed by atoms with Gasteiger partial charge in [0.05, 0.1) is 21.3 Å². The van der Waals surface area contributed by atoms with Crippen molar-refractivity contribution in [3.63, 3.8) is 0 Å². The van der Waals surface area contributed by atoms with Crippen LogP contribution >= 0.6 is 22.6 Å². The van der Waals surface area contributed by atoms with E-state index < -0.39 is 6.04 Å². The van der Waals surface area contributed by atoms with Crippen LogP contribution in [0, 0.1) is 3.57 Å². The molecule has 3 rings (SSSR count). The van der Waals surface area contributed by atoms with Crippen molar-refractivity contribution >= 4 is 34.4 Å². The zero-order valence-corrected chi connectivity index (χ0v) is 22.7. The number of benzene rings is 2. The lowest BCUT2D eigenvalue weighted by molar-refractivity contribution is -0.126. The van der Waals surface area contributed by atoms with Gasteiger partial charge in [-0.25, -0.2) is 0 Å². The van der Waals surface area contributed by atoms with E-state index >= 15 is 0 Å². The Hall–Kier alpha value is -2.75. The van der Waals surface area contributed by atoms with Gasteiger partial charge in [0.2, 0.25) is 5.91 Å². The van der Waals surface area contributed by atoms with E-state index in [9.17, 15) is 9.59 Å². The standard InChI is InChI=1S/C27H33IN2O5/c1-5-15-30(27(32)18-11-13-20(33-2)14-12-18)25(26(31)29-19-9-7-6-8-10-19)21-16-23(34-3)24(35-4)17-22(21)28/h5,11-14,16-17,19,25H,1,6-10,15H2,2-4H3,(H,29,31). The van der Waals surface area contributed by atoms with Crippen LogP contribution in [0.5, 0.6) is 17.2 Å². The smallest absolute Gasteiger partial charge is 0.255 e. The van der Waals surface area contributed by atoms with Crippen molar-refractivity contribution in [2.45, 2.75) is 44.2 Å². The number of carbonyl (C=O) groups excluding carboxylic acids is 2. The number of hydrogen-bond donors (Lipinski definition) is 1. The SMILES string of the molecule is C=CCN(C(=O)c1ccc(OC)cc1)C(C(=O)NC1CCCCC1)c1cc(OC)c(OC)cc1I. The summed E-state index contributed by atoms with van der Waals surface area (Å²) in [5.41, 5.74) is 1.12. The Morgan fingerprint density at radius 3 is 2.26 bits per heavy atom. The van der Waals surface area contributed by atoms with Crippen molar-refractivity contribution in [3.8, 4) is 17.2 Å². The number of amides is 2. The van der Waals surface area contributed by atoms with Gasteiger partial charge in [-0.3, -0.25) is 9.59 Å². The molecule has 0 aromatic heterocycles. The van der Waals surface area contributed by atoms with Crippen molar-refractivity contribution in [1.82, 2.24) is 10.2 Å². The Bertz CT molecular complexity index is 1030. The maximum Gasteiger partial charge on any atom is 0.255 e. The fourth-order valence-electron chi connectivity index (χ4n) is 4.40. The van der Waals surface area contributed by atoms with Crippen LogP contribution in [0.15, 0.2) is 49.1 Å². The summed E-state index contributed by atoms with van der Waals surface area (Å²) in [6.45, 7) is 4.04. The van der Waals surface area contributed by atoms with Gasteiger partial charge >= 0.3 is 0 Å². The summed E-state index contributed by atoms with van der Waals surface area (Å²) in [5, 5.41) is 3.21. The van der Waals surface area contributed by atoms with Gasteiger partial charge in [-0.2, -0.15) is 0 Å². The molecule has 188 valence electrons. The van der Waals surface area contributed by atoms with Crippen LogP contribution < -0.4 is 19.5 Å². The van der Waals surface area contributed by atoms with Crippen molar-refractivity contribution in [3.05, 3.63) is 63.8 Å². The number of hydrogen-bond acceptors (Lipinski definition) is 5. The van der Waals surface area contributed by atoms with Gasteiger partial charge in [0.1, 0.15) is 11.8 Å². The van der Waals surface area contributed by atoms with Crippen LogP contribution in [-0.4, -0.2) is 50.6 Å². The number of ether oxygens (including phenoxy) is 3. The molecule has 1 fully saturated rings. The topological polar surface area (TPSA) is 77.1 Å². The van der Waals surface area contributed by atoms with Crippen molar-refractivity contribution in [2.24, 2.45) is 0 Å². The second kappa shape index (κ2) is 12.8. The predicted octanol–water partition coefficient (Wildman–Crippen LogP) is 5.14. The van der Waals surface area contributed by atoms with E-state index in [0.717, 1.165) is 29.3 Å². The van der Waals surface area contributed by atoms with Crippen LogP contribution in [0.3, 0.4) is 0 Å². The number of nitrogens with one attached hydrogen (secondary N) is 1. The normalized spacial score (nSPS) is 14.5. The fraction of sp³-hybridized carbons (Fsp3) is 0.407. The monoisotopic (exact) mass is 592 g/mol. The van der Waals surface area contributed by atoms with Crippen LogP contribution in [0.25, 0.3) is 0 Å². The van der Waals surface area contributed by atoms with Gasteiger partial charge in [0.25, 0.3) is 5.91 Å². The molecule has 2 aromatic carbocycles. The molecule has 0 aliphatic heterocycles. The molecule has 1 atom stereocenters. The van der Waals surface area contributed by atoms with Gasteiger partial charge in [0, 0.05) is 27.3 Å². The van der Waals surface area contributed by atoms with E-state index in [1.807, 2.05) is 6.07 Å². The summed E-state index contributed by atoms with van der Waals surface area (Å²) in [6, 6.07) is 9.69. The van der Waals surface area contributed by atoms with E-state index in [0.29, 0.717) is 28.4 Å². The third kappa shape index (κ3) is 6.48. The molecule has 7 nitrogen and oxygen atoms in total. The van der Waals surface area contributed by atoms with E-state index in [4.69, 9.17) is 14.2 Å². The largest absolute Gasteiger partial charge is 0.497 e. The molecule has 0 heterocycles.